The Kier molecular flexibility index (Phi) is 5.78. The van der Waals surface area contributed by atoms with E-state index in [0.717, 1.165) is 6.42 Å². The molecule has 0 heterocycles. The zero-order valence-electron chi connectivity index (χ0n) is 11.6. The normalized spacial score (nSPS) is 13.5. The quantitative estimate of drug-likeness (QED) is 0.797. The molecule has 1 aromatic rings. The predicted molar refractivity (Wildman–Crippen MR) is 76.7 cm³/mol. The van der Waals surface area contributed by atoms with Crippen molar-refractivity contribution in [2.75, 3.05) is 26.0 Å². The van der Waals surface area contributed by atoms with Crippen LogP contribution in [0.2, 0.25) is 0 Å². The Labute approximate surface area is 115 Å². The van der Waals surface area contributed by atoms with E-state index in [0.29, 0.717) is 12.1 Å². The second-order valence-corrected chi connectivity index (χ2v) is 6.82. The number of nitrogens with zero attached hydrogens (tertiary/aromatic N) is 1. The Morgan fingerprint density at radius 1 is 1.32 bits per heavy atom. The molecule has 0 saturated heterocycles. The van der Waals surface area contributed by atoms with Crippen molar-refractivity contribution >= 4 is 15.7 Å². The number of para-hydroxylation sites is 1. The van der Waals surface area contributed by atoms with Crippen molar-refractivity contribution in [2.24, 2.45) is 0 Å². The zero-order chi connectivity index (χ0) is 14.5. The van der Waals surface area contributed by atoms with Gasteiger partial charge in [0.25, 0.3) is 0 Å². The summed E-state index contributed by atoms with van der Waals surface area (Å²) in [7, 11) is -0.422. The summed E-state index contributed by atoms with van der Waals surface area (Å²) in [6, 6.07) is 6.96. The van der Waals surface area contributed by atoms with Gasteiger partial charge in [-0.15, -0.1) is 0 Å². The maximum atomic E-state index is 12.2. The number of benzene rings is 1. The van der Waals surface area contributed by atoms with Crippen LogP contribution < -0.4 is 5.32 Å². The van der Waals surface area contributed by atoms with Crippen molar-refractivity contribution in [2.45, 2.75) is 30.7 Å². The van der Waals surface area contributed by atoms with Crippen LogP contribution in [0.15, 0.2) is 29.2 Å². The van der Waals surface area contributed by atoms with E-state index in [1.165, 1.54) is 18.4 Å². The number of anilines is 1. The fraction of sp³-hybridized carbons (Fsp3) is 0.538. The van der Waals surface area contributed by atoms with E-state index in [9.17, 15) is 8.42 Å². The molecule has 0 fully saturated rings. The van der Waals surface area contributed by atoms with Gasteiger partial charge < -0.3 is 10.4 Å². The Bertz CT molecular complexity index is 500. The van der Waals surface area contributed by atoms with Gasteiger partial charge in [-0.3, -0.25) is 0 Å². The van der Waals surface area contributed by atoms with E-state index in [1.54, 1.807) is 24.3 Å². The van der Waals surface area contributed by atoms with Gasteiger partial charge in [0.15, 0.2) is 0 Å². The van der Waals surface area contributed by atoms with Crippen LogP contribution in [-0.2, 0) is 10.0 Å². The van der Waals surface area contributed by atoms with Crippen LogP contribution in [0.3, 0.4) is 0 Å². The third-order valence-corrected chi connectivity index (χ3v) is 4.72. The van der Waals surface area contributed by atoms with Crippen molar-refractivity contribution in [3.63, 3.8) is 0 Å². The topological polar surface area (TPSA) is 69.6 Å². The van der Waals surface area contributed by atoms with Crippen LogP contribution in [0.25, 0.3) is 0 Å². The van der Waals surface area contributed by atoms with Gasteiger partial charge >= 0.3 is 0 Å². The van der Waals surface area contributed by atoms with Crippen LogP contribution in [0.4, 0.5) is 5.69 Å². The van der Waals surface area contributed by atoms with Gasteiger partial charge in [0, 0.05) is 26.7 Å². The van der Waals surface area contributed by atoms with Gasteiger partial charge in [-0.2, -0.15) is 0 Å². The van der Waals surface area contributed by atoms with Gasteiger partial charge in [0.1, 0.15) is 4.90 Å². The highest BCUT2D eigenvalue weighted by Gasteiger charge is 2.21. The third kappa shape index (κ3) is 4.19. The van der Waals surface area contributed by atoms with Crippen LogP contribution >= 0.6 is 0 Å². The second kappa shape index (κ2) is 6.88. The molecular formula is C13H22N2O3S. The van der Waals surface area contributed by atoms with Gasteiger partial charge in [-0.05, 0) is 31.9 Å². The molecule has 1 rings (SSSR count). The molecule has 6 heteroatoms. The Hall–Kier alpha value is -1.11. The minimum atomic E-state index is -3.45. The Morgan fingerprint density at radius 2 is 1.95 bits per heavy atom. The highest BCUT2D eigenvalue weighted by Crippen LogP contribution is 2.24. The molecule has 1 atom stereocenters. The number of aliphatic hydroxyl groups excluding tert-OH is 1. The molecule has 0 bridgehead atoms. The van der Waals surface area contributed by atoms with Crippen molar-refractivity contribution in [3.05, 3.63) is 24.3 Å². The van der Waals surface area contributed by atoms with Gasteiger partial charge in [0.05, 0.1) is 5.69 Å². The van der Waals surface area contributed by atoms with E-state index in [4.69, 9.17) is 5.11 Å². The second-order valence-electron chi connectivity index (χ2n) is 4.69. The molecule has 0 aliphatic heterocycles. The zero-order valence-corrected chi connectivity index (χ0v) is 12.4. The van der Waals surface area contributed by atoms with Gasteiger partial charge in [-0.25, -0.2) is 12.7 Å². The van der Waals surface area contributed by atoms with E-state index in [1.807, 2.05) is 6.92 Å². The first kappa shape index (κ1) is 15.9. The minimum Gasteiger partial charge on any atom is -0.396 e. The lowest BCUT2D eigenvalue weighted by molar-refractivity contribution is 0.282. The van der Waals surface area contributed by atoms with Crippen LogP contribution in [0.1, 0.15) is 19.8 Å². The van der Waals surface area contributed by atoms with E-state index in [2.05, 4.69) is 5.32 Å². The maximum Gasteiger partial charge on any atom is 0.244 e. The molecule has 0 aromatic heterocycles. The van der Waals surface area contributed by atoms with Crippen molar-refractivity contribution < 1.29 is 13.5 Å². The number of rotatable bonds is 7. The van der Waals surface area contributed by atoms with E-state index >= 15 is 0 Å². The smallest absolute Gasteiger partial charge is 0.244 e. The standard InChI is InChI=1S/C13H22N2O3S/c1-11(7-6-10-16)14-12-8-4-5-9-13(12)19(17,18)15(2)3/h4-5,8-9,11,14,16H,6-7,10H2,1-3H3. The molecular weight excluding hydrogens is 264 g/mol. The van der Waals surface area contributed by atoms with Crippen LogP contribution in [0, 0.1) is 0 Å². The molecule has 19 heavy (non-hydrogen) atoms. The summed E-state index contributed by atoms with van der Waals surface area (Å²) in [5, 5.41) is 12.0. The molecule has 0 saturated carbocycles. The number of aliphatic hydroxyl groups is 1. The summed E-state index contributed by atoms with van der Waals surface area (Å²) in [6.07, 6.45) is 1.48. The molecule has 5 nitrogen and oxygen atoms in total. The number of nitrogens with one attached hydrogen (secondary N) is 1. The lowest BCUT2D eigenvalue weighted by Crippen LogP contribution is -2.24. The summed E-state index contributed by atoms with van der Waals surface area (Å²) in [4.78, 5) is 0.274. The number of sulfonamides is 1. The summed E-state index contributed by atoms with van der Waals surface area (Å²) in [5.41, 5.74) is 0.599. The average molecular weight is 286 g/mol. The Morgan fingerprint density at radius 3 is 2.53 bits per heavy atom. The average Bonchev–Trinajstić information content (AvgIpc) is 2.36. The maximum absolute atomic E-state index is 12.2. The largest absolute Gasteiger partial charge is 0.396 e. The van der Waals surface area contributed by atoms with Crippen molar-refractivity contribution in [3.8, 4) is 0 Å². The van der Waals surface area contributed by atoms with Crippen molar-refractivity contribution in [1.29, 1.82) is 0 Å². The molecule has 0 amide bonds. The van der Waals surface area contributed by atoms with Gasteiger partial charge in [-0.1, -0.05) is 12.1 Å². The summed E-state index contributed by atoms with van der Waals surface area (Å²) >= 11 is 0. The number of hydrogen-bond acceptors (Lipinski definition) is 4. The van der Waals surface area contributed by atoms with Crippen molar-refractivity contribution in [1.82, 2.24) is 4.31 Å². The molecule has 108 valence electrons. The van der Waals surface area contributed by atoms with Gasteiger partial charge in [0.2, 0.25) is 10.0 Å². The molecule has 2 N–H and O–H groups in total. The summed E-state index contributed by atoms with van der Waals surface area (Å²) in [6.45, 7) is 2.11. The van der Waals surface area contributed by atoms with E-state index in [-0.39, 0.29) is 17.5 Å². The van der Waals surface area contributed by atoms with E-state index < -0.39 is 10.0 Å². The molecule has 0 spiro atoms. The highest BCUT2D eigenvalue weighted by molar-refractivity contribution is 7.89. The number of hydrogen-bond donors (Lipinski definition) is 2. The lowest BCUT2D eigenvalue weighted by Gasteiger charge is -2.19. The first-order chi connectivity index (χ1) is 8.89. The SMILES string of the molecule is CC(CCCO)Nc1ccccc1S(=O)(=O)N(C)C. The third-order valence-electron chi connectivity index (χ3n) is 2.84. The summed E-state index contributed by atoms with van der Waals surface area (Å²) in [5.74, 6) is 0. The Balaban J connectivity index is 2.97. The minimum absolute atomic E-state index is 0.102. The first-order valence-corrected chi connectivity index (χ1v) is 7.72. The molecule has 0 radical (unpaired) electrons. The summed E-state index contributed by atoms with van der Waals surface area (Å²) < 4.78 is 25.6. The first-order valence-electron chi connectivity index (χ1n) is 6.28. The fourth-order valence-electron chi connectivity index (χ4n) is 1.74. The molecule has 0 aliphatic rings. The molecule has 1 unspecified atom stereocenters. The lowest BCUT2D eigenvalue weighted by atomic mass is 10.2. The highest BCUT2D eigenvalue weighted by atomic mass is 32.2. The van der Waals surface area contributed by atoms with Crippen LogP contribution in [-0.4, -0.2) is 44.6 Å². The fourth-order valence-corrected chi connectivity index (χ4v) is 2.79. The molecule has 1 aromatic carbocycles. The molecule has 0 aliphatic carbocycles. The van der Waals surface area contributed by atoms with Crippen LogP contribution in [0.5, 0.6) is 0 Å². The predicted octanol–water partition coefficient (Wildman–Crippen LogP) is 1.51. The monoisotopic (exact) mass is 286 g/mol.